The fourth-order valence-electron chi connectivity index (χ4n) is 4.28. The van der Waals surface area contributed by atoms with E-state index in [1.165, 1.54) is 0 Å². The Kier molecular flexibility index (Phi) is 6.47. The summed E-state index contributed by atoms with van der Waals surface area (Å²) in [6.07, 6.45) is 1.76. The Labute approximate surface area is 193 Å². The summed E-state index contributed by atoms with van der Waals surface area (Å²) in [4.78, 5) is 28.3. The third-order valence-electron chi connectivity index (χ3n) is 6.01. The number of carbonyl (C=O) groups excluding carboxylic acids is 1. The van der Waals surface area contributed by atoms with Gasteiger partial charge in [0.15, 0.2) is 0 Å². The Hall–Kier alpha value is -3.64. The number of ether oxygens (including phenoxy) is 1. The van der Waals surface area contributed by atoms with Gasteiger partial charge in [0.05, 0.1) is 18.4 Å². The van der Waals surface area contributed by atoms with Crippen LogP contribution in [0.4, 0.5) is 0 Å². The zero-order valence-electron chi connectivity index (χ0n) is 19.4. The van der Waals surface area contributed by atoms with E-state index in [-0.39, 0.29) is 24.1 Å². The predicted molar refractivity (Wildman–Crippen MR) is 129 cm³/mol. The van der Waals surface area contributed by atoms with Crippen LogP contribution in [0.3, 0.4) is 0 Å². The van der Waals surface area contributed by atoms with Crippen molar-refractivity contribution >= 4 is 11.4 Å². The van der Waals surface area contributed by atoms with Crippen molar-refractivity contribution in [3.8, 4) is 0 Å². The molecule has 0 aliphatic rings. The molecule has 4 rings (SSSR count). The summed E-state index contributed by atoms with van der Waals surface area (Å²) in [5.74, 6) is -0.216. The maximum atomic E-state index is 13.2. The molecule has 33 heavy (non-hydrogen) atoms. The molecule has 6 heteroatoms. The molecule has 1 atom stereocenters. The summed E-state index contributed by atoms with van der Waals surface area (Å²) in [5.41, 5.74) is 6.43. The number of rotatable bonds is 7. The quantitative estimate of drug-likeness (QED) is 0.432. The Bertz CT molecular complexity index is 1350. The standard InChI is InChI=1S/C27H29N3O3/c1-17-13-18(2)29-27(32)24(17)15-28-26(31)23-14-22-11-8-12-30(22)25(19(23)3)20(4)33-16-21-9-6-5-7-10-21/h5-14,20H,15-16H2,1-4H3,(H,28,31)(H,29,32). The van der Waals surface area contributed by atoms with Gasteiger partial charge in [0, 0.05) is 35.1 Å². The molecule has 2 N–H and O–H groups in total. The Morgan fingerprint density at radius 2 is 1.85 bits per heavy atom. The number of amides is 1. The molecule has 3 aromatic heterocycles. The van der Waals surface area contributed by atoms with Crippen molar-refractivity contribution in [2.75, 3.05) is 0 Å². The number of aromatic amines is 1. The maximum absolute atomic E-state index is 13.2. The molecule has 0 fully saturated rings. The van der Waals surface area contributed by atoms with Crippen LogP contribution in [0.2, 0.25) is 0 Å². The minimum atomic E-state index is -0.227. The molecule has 4 aromatic rings. The van der Waals surface area contributed by atoms with E-state index in [2.05, 4.69) is 14.7 Å². The zero-order chi connectivity index (χ0) is 23.5. The lowest BCUT2D eigenvalue weighted by atomic mass is 10.0. The number of benzene rings is 1. The molecule has 0 bridgehead atoms. The van der Waals surface area contributed by atoms with Crippen LogP contribution in [0.5, 0.6) is 0 Å². The van der Waals surface area contributed by atoms with Crippen molar-refractivity contribution in [1.29, 1.82) is 0 Å². The first-order valence-corrected chi connectivity index (χ1v) is 11.1. The fourth-order valence-corrected chi connectivity index (χ4v) is 4.28. The number of nitrogens with one attached hydrogen (secondary N) is 2. The van der Waals surface area contributed by atoms with Crippen LogP contribution in [0.1, 0.15) is 57.0 Å². The highest BCUT2D eigenvalue weighted by Gasteiger charge is 2.20. The minimum Gasteiger partial charge on any atom is -0.368 e. The van der Waals surface area contributed by atoms with E-state index in [1.807, 2.05) is 88.5 Å². The second-order valence-corrected chi connectivity index (χ2v) is 8.44. The van der Waals surface area contributed by atoms with Crippen LogP contribution in [-0.2, 0) is 17.9 Å². The van der Waals surface area contributed by atoms with Gasteiger partial charge in [-0.05, 0) is 68.7 Å². The first-order chi connectivity index (χ1) is 15.8. The lowest BCUT2D eigenvalue weighted by Crippen LogP contribution is -2.29. The number of hydrogen-bond donors (Lipinski definition) is 2. The number of hydrogen-bond acceptors (Lipinski definition) is 3. The molecule has 1 aromatic carbocycles. The van der Waals surface area contributed by atoms with E-state index >= 15 is 0 Å². The molecule has 0 aliphatic heterocycles. The van der Waals surface area contributed by atoms with Gasteiger partial charge in [-0.15, -0.1) is 0 Å². The van der Waals surface area contributed by atoms with Crippen LogP contribution in [0.15, 0.2) is 65.6 Å². The lowest BCUT2D eigenvalue weighted by Gasteiger charge is -2.21. The fraction of sp³-hybridized carbons (Fsp3) is 0.259. The van der Waals surface area contributed by atoms with E-state index in [4.69, 9.17) is 4.74 Å². The highest BCUT2D eigenvalue weighted by atomic mass is 16.5. The van der Waals surface area contributed by atoms with Crippen molar-refractivity contribution in [3.63, 3.8) is 0 Å². The molecule has 0 aliphatic carbocycles. The molecule has 6 nitrogen and oxygen atoms in total. The van der Waals surface area contributed by atoms with Gasteiger partial charge in [-0.3, -0.25) is 9.59 Å². The average molecular weight is 444 g/mol. The van der Waals surface area contributed by atoms with Crippen LogP contribution < -0.4 is 10.9 Å². The van der Waals surface area contributed by atoms with Gasteiger partial charge >= 0.3 is 0 Å². The topological polar surface area (TPSA) is 75.6 Å². The normalized spacial score (nSPS) is 12.1. The summed E-state index contributed by atoms with van der Waals surface area (Å²) < 4.78 is 8.25. The van der Waals surface area contributed by atoms with Gasteiger partial charge in [0.2, 0.25) is 0 Å². The number of pyridine rings is 2. The summed E-state index contributed by atoms with van der Waals surface area (Å²) in [7, 11) is 0. The van der Waals surface area contributed by atoms with Crippen molar-refractivity contribution in [2.24, 2.45) is 0 Å². The Morgan fingerprint density at radius 3 is 2.58 bits per heavy atom. The summed E-state index contributed by atoms with van der Waals surface area (Å²) in [5, 5.41) is 2.93. The van der Waals surface area contributed by atoms with Gasteiger partial charge < -0.3 is 19.4 Å². The third-order valence-corrected chi connectivity index (χ3v) is 6.01. The number of aryl methyl sites for hydroxylation is 2. The number of H-pyrrole nitrogens is 1. The third kappa shape index (κ3) is 4.76. The van der Waals surface area contributed by atoms with E-state index in [1.54, 1.807) is 0 Å². The predicted octanol–water partition coefficient (Wildman–Crippen LogP) is 4.76. The largest absolute Gasteiger partial charge is 0.368 e. The molecule has 0 spiro atoms. The Balaban J connectivity index is 1.60. The highest BCUT2D eigenvalue weighted by Crippen LogP contribution is 2.27. The van der Waals surface area contributed by atoms with Gasteiger partial charge in [0.1, 0.15) is 0 Å². The second-order valence-electron chi connectivity index (χ2n) is 8.44. The zero-order valence-corrected chi connectivity index (χ0v) is 19.4. The summed E-state index contributed by atoms with van der Waals surface area (Å²) >= 11 is 0. The Morgan fingerprint density at radius 1 is 1.09 bits per heavy atom. The molecule has 3 heterocycles. The highest BCUT2D eigenvalue weighted by molar-refractivity contribution is 5.97. The number of aromatic nitrogens is 2. The van der Waals surface area contributed by atoms with E-state index in [9.17, 15) is 9.59 Å². The first kappa shape index (κ1) is 22.6. The first-order valence-electron chi connectivity index (χ1n) is 11.1. The molecule has 170 valence electrons. The van der Waals surface area contributed by atoms with Crippen LogP contribution in [0.25, 0.3) is 5.52 Å². The average Bonchev–Trinajstić information content (AvgIpc) is 3.25. The van der Waals surface area contributed by atoms with Crippen molar-refractivity contribution in [2.45, 2.75) is 47.0 Å². The second kappa shape index (κ2) is 9.46. The molecule has 0 saturated carbocycles. The van der Waals surface area contributed by atoms with Crippen molar-refractivity contribution < 1.29 is 9.53 Å². The van der Waals surface area contributed by atoms with Crippen molar-refractivity contribution in [3.05, 3.63) is 110 Å². The van der Waals surface area contributed by atoms with E-state index in [0.29, 0.717) is 17.7 Å². The number of fused-ring (bicyclic) bond motifs is 1. The molecule has 1 amide bonds. The van der Waals surface area contributed by atoms with Crippen LogP contribution >= 0.6 is 0 Å². The molecule has 1 unspecified atom stereocenters. The van der Waals surface area contributed by atoms with E-state index < -0.39 is 0 Å². The molecular formula is C27H29N3O3. The molecular weight excluding hydrogens is 414 g/mol. The summed E-state index contributed by atoms with van der Waals surface area (Å²) in [6.45, 7) is 8.32. The van der Waals surface area contributed by atoms with Gasteiger partial charge in [-0.1, -0.05) is 30.3 Å². The van der Waals surface area contributed by atoms with Gasteiger partial charge in [-0.25, -0.2) is 0 Å². The van der Waals surface area contributed by atoms with Gasteiger partial charge in [-0.2, -0.15) is 0 Å². The van der Waals surface area contributed by atoms with Crippen LogP contribution in [-0.4, -0.2) is 15.3 Å². The molecule has 0 saturated heterocycles. The summed E-state index contributed by atoms with van der Waals surface area (Å²) in [6, 6.07) is 17.7. The maximum Gasteiger partial charge on any atom is 0.253 e. The SMILES string of the molecule is Cc1cc(C)c(CNC(=O)c2cc3cccn3c(C(C)OCc3ccccc3)c2C)c(=O)[nH]1. The van der Waals surface area contributed by atoms with Gasteiger partial charge in [0.25, 0.3) is 11.5 Å². The lowest BCUT2D eigenvalue weighted by molar-refractivity contribution is 0.0485. The number of carbonyl (C=O) groups is 1. The van der Waals surface area contributed by atoms with Crippen molar-refractivity contribution in [1.82, 2.24) is 14.7 Å². The van der Waals surface area contributed by atoms with E-state index in [0.717, 1.165) is 33.6 Å². The molecule has 0 radical (unpaired) electrons. The van der Waals surface area contributed by atoms with Crippen LogP contribution in [0, 0.1) is 20.8 Å². The smallest absolute Gasteiger partial charge is 0.253 e. The number of nitrogens with zero attached hydrogens (tertiary/aromatic N) is 1. The minimum absolute atomic E-state index is 0.168. The monoisotopic (exact) mass is 443 g/mol.